The molecule has 1 heterocycles. The van der Waals surface area contributed by atoms with Crippen molar-refractivity contribution in [2.75, 3.05) is 11.5 Å². The molecule has 1 saturated heterocycles. The number of rotatable bonds is 2. The number of sulfone groups is 1. The summed E-state index contributed by atoms with van der Waals surface area (Å²) in [5.41, 5.74) is 5.30. The average Bonchev–Trinajstić information content (AvgIpc) is 2.08. The van der Waals surface area contributed by atoms with E-state index in [1.54, 1.807) is 0 Å². The lowest BCUT2D eigenvalue weighted by atomic mass is 10.1. The van der Waals surface area contributed by atoms with Crippen LogP contribution in [0.1, 0.15) is 12.8 Å². The second-order valence-corrected chi connectivity index (χ2v) is 5.69. The van der Waals surface area contributed by atoms with Crippen molar-refractivity contribution in [3.05, 3.63) is 0 Å². The van der Waals surface area contributed by atoms with Gasteiger partial charge in [-0.25, -0.2) is 8.42 Å². The number of hydrogen-bond acceptors (Lipinski definition) is 3. The van der Waals surface area contributed by atoms with Gasteiger partial charge < -0.3 is 5.73 Å². The van der Waals surface area contributed by atoms with Gasteiger partial charge in [0.2, 0.25) is 0 Å². The molecule has 2 N–H and O–H groups in total. The molecule has 0 aromatic rings. The lowest BCUT2D eigenvalue weighted by molar-refractivity contribution is 0.595. The first-order valence-corrected chi connectivity index (χ1v) is 5.71. The molecular weight excluding hydrogens is 182 g/mol. The smallest absolute Gasteiger partial charge is 0.150 e. The molecule has 0 radical (unpaired) electrons. The van der Waals surface area contributed by atoms with Crippen LogP contribution in [0.5, 0.6) is 0 Å². The Kier molecular flexibility index (Phi) is 2.49. The zero-order chi connectivity index (χ0) is 8.48. The van der Waals surface area contributed by atoms with Crippen molar-refractivity contribution in [1.82, 2.24) is 0 Å². The van der Waals surface area contributed by atoms with Crippen LogP contribution in [0.3, 0.4) is 0 Å². The predicted octanol–water partition coefficient (Wildman–Crippen LogP) is 0.0973. The van der Waals surface area contributed by atoms with Crippen molar-refractivity contribution in [2.24, 2.45) is 11.7 Å². The minimum atomic E-state index is -2.76. The normalized spacial score (nSPS) is 28.5. The monoisotopic (exact) mass is 193 g/mol. The lowest BCUT2D eigenvalue weighted by Crippen LogP contribution is -2.15. The molecular formula is C6H11NO2S2. The summed E-state index contributed by atoms with van der Waals surface area (Å²) in [5.74, 6) is 0.752. The summed E-state index contributed by atoms with van der Waals surface area (Å²) in [5, 5.41) is 0. The first kappa shape index (κ1) is 8.93. The third kappa shape index (κ3) is 2.75. The highest BCUT2D eigenvalue weighted by atomic mass is 32.2. The summed E-state index contributed by atoms with van der Waals surface area (Å²) < 4.78 is 21.9. The molecule has 0 aliphatic carbocycles. The van der Waals surface area contributed by atoms with Gasteiger partial charge in [-0.15, -0.1) is 0 Å². The zero-order valence-corrected chi connectivity index (χ0v) is 7.75. The fourth-order valence-electron chi connectivity index (χ4n) is 1.32. The van der Waals surface area contributed by atoms with E-state index in [-0.39, 0.29) is 11.7 Å². The molecule has 64 valence electrons. The fourth-order valence-corrected chi connectivity index (χ4v) is 3.42. The van der Waals surface area contributed by atoms with Gasteiger partial charge in [-0.3, -0.25) is 0 Å². The van der Waals surface area contributed by atoms with E-state index in [9.17, 15) is 8.42 Å². The third-order valence-corrected chi connectivity index (χ3v) is 3.82. The molecule has 0 aromatic carbocycles. The standard InChI is InChI=1S/C6H11NO2S2/c7-6(10)3-5-1-2-11(8,9)4-5/h5H,1-4H2,(H2,7,10)/t5-/m1/s1. The minimum Gasteiger partial charge on any atom is -0.393 e. The van der Waals surface area contributed by atoms with E-state index in [2.05, 4.69) is 0 Å². The summed E-state index contributed by atoms with van der Waals surface area (Å²) in [4.78, 5) is 0.423. The number of hydrogen-bond donors (Lipinski definition) is 1. The average molecular weight is 193 g/mol. The first-order valence-electron chi connectivity index (χ1n) is 3.48. The van der Waals surface area contributed by atoms with Gasteiger partial charge in [0, 0.05) is 6.42 Å². The van der Waals surface area contributed by atoms with Crippen molar-refractivity contribution in [1.29, 1.82) is 0 Å². The quantitative estimate of drug-likeness (QED) is 0.632. The van der Waals surface area contributed by atoms with Crippen LogP contribution >= 0.6 is 12.2 Å². The van der Waals surface area contributed by atoms with Gasteiger partial charge in [0.1, 0.15) is 0 Å². The summed E-state index contributed by atoms with van der Waals surface area (Å²) in [7, 11) is -2.76. The molecule has 0 spiro atoms. The van der Waals surface area contributed by atoms with E-state index in [0.29, 0.717) is 17.2 Å². The molecule has 1 rings (SSSR count). The fraction of sp³-hybridized carbons (Fsp3) is 0.833. The van der Waals surface area contributed by atoms with E-state index in [1.807, 2.05) is 0 Å². The largest absolute Gasteiger partial charge is 0.393 e. The van der Waals surface area contributed by atoms with Crippen LogP contribution < -0.4 is 5.73 Å². The third-order valence-electron chi connectivity index (χ3n) is 1.82. The zero-order valence-electron chi connectivity index (χ0n) is 6.12. The van der Waals surface area contributed by atoms with E-state index in [0.717, 1.165) is 6.42 Å². The molecule has 5 heteroatoms. The van der Waals surface area contributed by atoms with Crippen molar-refractivity contribution in [3.63, 3.8) is 0 Å². The Morgan fingerprint density at radius 1 is 1.64 bits per heavy atom. The van der Waals surface area contributed by atoms with Crippen molar-refractivity contribution >= 4 is 27.0 Å². The highest BCUT2D eigenvalue weighted by Gasteiger charge is 2.27. The van der Waals surface area contributed by atoms with Crippen LogP contribution in [0.4, 0.5) is 0 Å². The molecule has 0 saturated carbocycles. The first-order chi connectivity index (χ1) is 4.99. The van der Waals surface area contributed by atoms with Crippen LogP contribution in [-0.4, -0.2) is 24.9 Å². The molecule has 0 bridgehead atoms. The topological polar surface area (TPSA) is 60.2 Å². The summed E-state index contributed by atoms with van der Waals surface area (Å²) in [6, 6.07) is 0. The molecule has 3 nitrogen and oxygen atoms in total. The highest BCUT2D eigenvalue weighted by Crippen LogP contribution is 2.21. The van der Waals surface area contributed by atoms with Crippen molar-refractivity contribution < 1.29 is 8.42 Å². The molecule has 0 unspecified atom stereocenters. The van der Waals surface area contributed by atoms with E-state index < -0.39 is 9.84 Å². The maximum absolute atomic E-state index is 10.9. The Morgan fingerprint density at radius 3 is 2.64 bits per heavy atom. The Morgan fingerprint density at radius 2 is 2.27 bits per heavy atom. The SMILES string of the molecule is NC(=S)C[C@H]1CCS(=O)(=O)C1. The van der Waals surface area contributed by atoms with Gasteiger partial charge in [0.15, 0.2) is 9.84 Å². The van der Waals surface area contributed by atoms with Crippen LogP contribution in [0.25, 0.3) is 0 Å². The summed E-state index contributed by atoms with van der Waals surface area (Å²) in [6.07, 6.45) is 1.30. The Labute approximate surface area is 71.9 Å². The molecule has 11 heavy (non-hydrogen) atoms. The van der Waals surface area contributed by atoms with Crippen LogP contribution in [0.2, 0.25) is 0 Å². The van der Waals surface area contributed by atoms with E-state index in [4.69, 9.17) is 18.0 Å². The van der Waals surface area contributed by atoms with Crippen molar-refractivity contribution in [2.45, 2.75) is 12.8 Å². The van der Waals surface area contributed by atoms with Gasteiger partial charge >= 0.3 is 0 Å². The maximum atomic E-state index is 10.9. The van der Waals surface area contributed by atoms with Gasteiger partial charge in [-0.05, 0) is 12.3 Å². The lowest BCUT2D eigenvalue weighted by Gasteiger charge is -2.03. The number of nitrogens with two attached hydrogens (primary N) is 1. The second-order valence-electron chi connectivity index (χ2n) is 2.94. The number of thiocarbonyl (C=S) groups is 1. The van der Waals surface area contributed by atoms with E-state index >= 15 is 0 Å². The predicted molar refractivity (Wildman–Crippen MR) is 48.2 cm³/mol. The minimum absolute atomic E-state index is 0.178. The molecule has 1 aliphatic rings. The Bertz CT molecular complexity index is 258. The second kappa shape index (κ2) is 3.06. The van der Waals surface area contributed by atoms with Gasteiger partial charge in [0.05, 0.1) is 16.5 Å². The van der Waals surface area contributed by atoms with Gasteiger partial charge in [-0.2, -0.15) is 0 Å². The molecule has 0 aromatic heterocycles. The van der Waals surface area contributed by atoms with E-state index in [1.165, 1.54) is 0 Å². The van der Waals surface area contributed by atoms with Crippen molar-refractivity contribution in [3.8, 4) is 0 Å². The van der Waals surface area contributed by atoms with Crippen LogP contribution in [0, 0.1) is 5.92 Å². The molecule has 0 amide bonds. The summed E-state index contributed by atoms with van der Waals surface area (Å²) in [6.45, 7) is 0. The Balaban J connectivity index is 2.49. The molecule has 1 aliphatic heterocycles. The summed E-state index contributed by atoms with van der Waals surface area (Å²) >= 11 is 4.69. The molecule has 1 fully saturated rings. The van der Waals surface area contributed by atoms with Gasteiger partial charge in [-0.1, -0.05) is 12.2 Å². The van der Waals surface area contributed by atoms with Crippen LogP contribution in [0.15, 0.2) is 0 Å². The van der Waals surface area contributed by atoms with Gasteiger partial charge in [0.25, 0.3) is 0 Å². The maximum Gasteiger partial charge on any atom is 0.150 e. The van der Waals surface area contributed by atoms with Crippen LogP contribution in [-0.2, 0) is 9.84 Å². The Hall–Kier alpha value is -0.160. The highest BCUT2D eigenvalue weighted by molar-refractivity contribution is 7.91. The molecule has 1 atom stereocenters.